The number of ether oxygens (including phenoxy) is 3. The van der Waals surface area contributed by atoms with Gasteiger partial charge in [-0.3, -0.25) is 14.4 Å². The Bertz CT molecular complexity index is 817. The van der Waals surface area contributed by atoms with E-state index in [1.54, 1.807) is 6.07 Å². The summed E-state index contributed by atoms with van der Waals surface area (Å²) in [5, 5.41) is 0. The molecule has 2 aliphatic heterocycles. The molecule has 0 saturated carbocycles. The molecule has 3 rings (SSSR count). The fourth-order valence-corrected chi connectivity index (χ4v) is 2.93. The van der Waals surface area contributed by atoms with E-state index in [2.05, 4.69) is 0 Å². The molecule has 6 heteroatoms. The van der Waals surface area contributed by atoms with E-state index in [0.29, 0.717) is 11.3 Å². The third kappa shape index (κ3) is 3.33. The van der Waals surface area contributed by atoms with Crippen molar-refractivity contribution in [3.8, 4) is 11.5 Å². The first kappa shape index (κ1) is 17.0. The van der Waals surface area contributed by atoms with Gasteiger partial charge in [-0.25, -0.2) is 0 Å². The minimum Gasteiger partial charge on any atom is -0.496 e. The molecule has 0 aromatic heterocycles. The van der Waals surface area contributed by atoms with Gasteiger partial charge in [0.25, 0.3) is 0 Å². The van der Waals surface area contributed by atoms with Gasteiger partial charge in [-0.2, -0.15) is 0 Å². The van der Waals surface area contributed by atoms with Gasteiger partial charge >= 0.3 is 5.97 Å². The zero-order valence-electron chi connectivity index (χ0n) is 14.2. The van der Waals surface area contributed by atoms with Crippen molar-refractivity contribution < 1.29 is 28.6 Å². The number of methoxy groups -OCH3 is 1. The largest absolute Gasteiger partial charge is 0.496 e. The molecular weight excluding hydrogens is 324 g/mol. The van der Waals surface area contributed by atoms with E-state index in [0.717, 1.165) is 23.8 Å². The van der Waals surface area contributed by atoms with Gasteiger partial charge in [0.1, 0.15) is 23.4 Å². The number of carbonyl (C=O) groups is 3. The highest BCUT2D eigenvalue weighted by atomic mass is 16.5. The summed E-state index contributed by atoms with van der Waals surface area (Å²) in [5.41, 5.74) is 1.67. The molecule has 1 aromatic rings. The molecule has 1 aromatic carbocycles. The molecule has 2 atom stereocenters. The molecule has 0 amide bonds. The van der Waals surface area contributed by atoms with Crippen LogP contribution >= 0.6 is 0 Å². The Labute approximate surface area is 145 Å². The van der Waals surface area contributed by atoms with Crippen molar-refractivity contribution in [2.75, 3.05) is 7.11 Å². The van der Waals surface area contributed by atoms with Crippen LogP contribution in [0.3, 0.4) is 0 Å². The topological polar surface area (TPSA) is 78.9 Å². The number of allylic oxidation sites excluding steroid dienone is 3. The van der Waals surface area contributed by atoms with Crippen molar-refractivity contribution in [2.24, 2.45) is 5.92 Å². The summed E-state index contributed by atoms with van der Waals surface area (Å²) in [6, 6.07) is 3.65. The third-order valence-electron chi connectivity index (χ3n) is 4.09. The van der Waals surface area contributed by atoms with E-state index in [1.807, 2.05) is 13.0 Å². The molecule has 0 saturated heterocycles. The van der Waals surface area contributed by atoms with Crippen molar-refractivity contribution in [1.29, 1.82) is 0 Å². The smallest absolute Gasteiger partial charge is 0.329 e. The maximum absolute atomic E-state index is 12.3. The average Bonchev–Trinajstić information content (AvgIpc) is 2.89. The summed E-state index contributed by atoms with van der Waals surface area (Å²) in [5.74, 6) is -1.97. The van der Waals surface area contributed by atoms with Gasteiger partial charge in [0, 0.05) is 23.6 Å². The van der Waals surface area contributed by atoms with Crippen molar-refractivity contribution >= 4 is 23.6 Å². The number of hydrogen-bond acceptors (Lipinski definition) is 6. The number of fused-ring (bicyclic) bond motifs is 1. The summed E-state index contributed by atoms with van der Waals surface area (Å²) < 4.78 is 15.9. The zero-order valence-corrected chi connectivity index (χ0v) is 14.2. The maximum atomic E-state index is 12.3. The lowest BCUT2D eigenvalue weighted by molar-refractivity contribution is -0.151. The lowest BCUT2D eigenvalue weighted by Gasteiger charge is -2.15. The predicted molar refractivity (Wildman–Crippen MR) is 89.2 cm³/mol. The molecule has 0 N–H and O–H groups in total. The van der Waals surface area contributed by atoms with Crippen LogP contribution < -0.4 is 9.47 Å². The first-order chi connectivity index (χ1) is 11.9. The molecule has 0 aliphatic carbocycles. The predicted octanol–water partition coefficient (Wildman–Crippen LogP) is 2.25. The Kier molecular flexibility index (Phi) is 4.44. The second-order valence-corrected chi connectivity index (χ2v) is 6.08. The van der Waals surface area contributed by atoms with Gasteiger partial charge in [0.15, 0.2) is 17.5 Å². The van der Waals surface area contributed by atoms with E-state index in [4.69, 9.17) is 14.2 Å². The zero-order chi connectivity index (χ0) is 18.1. The molecule has 0 fully saturated rings. The summed E-state index contributed by atoms with van der Waals surface area (Å²) >= 11 is 0. The number of hydrogen-bond donors (Lipinski definition) is 0. The highest BCUT2D eigenvalue weighted by Crippen LogP contribution is 2.35. The van der Waals surface area contributed by atoms with Gasteiger partial charge in [0.2, 0.25) is 0 Å². The second kappa shape index (κ2) is 6.55. The van der Waals surface area contributed by atoms with Crippen LogP contribution in [0.4, 0.5) is 0 Å². The number of ketones is 2. The molecule has 2 unspecified atom stereocenters. The van der Waals surface area contributed by atoms with Crippen molar-refractivity contribution in [3.63, 3.8) is 0 Å². The van der Waals surface area contributed by atoms with E-state index >= 15 is 0 Å². The van der Waals surface area contributed by atoms with Crippen LogP contribution in [0.15, 0.2) is 30.0 Å². The van der Waals surface area contributed by atoms with Crippen molar-refractivity contribution in [2.45, 2.75) is 26.4 Å². The van der Waals surface area contributed by atoms with E-state index < -0.39 is 23.5 Å². The molecule has 0 bridgehead atoms. The third-order valence-corrected chi connectivity index (χ3v) is 4.09. The lowest BCUT2D eigenvalue weighted by atomic mass is 9.95. The molecule has 2 heterocycles. The fourth-order valence-electron chi connectivity index (χ4n) is 2.93. The Hall–Kier alpha value is -2.89. The van der Waals surface area contributed by atoms with Gasteiger partial charge in [-0.15, -0.1) is 0 Å². The van der Waals surface area contributed by atoms with Crippen LogP contribution in [0, 0.1) is 5.92 Å². The quantitative estimate of drug-likeness (QED) is 0.474. The monoisotopic (exact) mass is 342 g/mol. The van der Waals surface area contributed by atoms with Gasteiger partial charge in [-0.05, 0) is 38.1 Å². The highest BCUT2D eigenvalue weighted by Gasteiger charge is 2.36. The normalized spacial score (nSPS) is 22.3. The number of benzene rings is 1. The van der Waals surface area contributed by atoms with Crippen molar-refractivity contribution in [3.05, 3.63) is 41.2 Å². The van der Waals surface area contributed by atoms with Crippen LogP contribution in [0.25, 0.3) is 6.08 Å². The molecule has 25 heavy (non-hydrogen) atoms. The summed E-state index contributed by atoms with van der Waals surface area (Å²) in [7, 11) is 1.54. The number of rotatable bonds is 4. The molecule has 2 aliphatic rings. The van der Waals surface area contributed by atoms with Crippen LogP contribution in [0.5, 0.6) is 11.5 Å². The Morgan fingerprint density at radius 2 is 2.08 bits per heavy atom. The minimum atomic E-state index is -1.45. The standard InChI is InChI=1S/C19H18O6/c1-10-6-13-9-16(23-3)12(8-17(13)24-10)4-5-14(20)18-15(21)7-11(2)25-19(18)22/h4-5,7-10,18H,6H2,1-3H3/b5-4+. The summed E-state index contributed by atoms with van der Waals surface area (Å²) in [6.07, 6.45) is 4.75. The number of cyclic esters (lactones) is 1. The Balaban J connectivity index is 1.85. The van der Waals surface area contributed by atoms with Crippen LogP contribution in [0.2, 0.25) is 0 Å². The number of carbonyl (C=O) groups excluding carboxylic acids is 3. The van der Waals surface area contributed by atoms with Crippen LogP contribution in [-0.4, -0.2) is 30.7 Å². The fraction of sp³-hybridized carbons (Fsp3) is 0.316. The van der Waals surface area contributed by atoms with Crippen LogP contribution in [-0.2, 0) is 25.5 Å². The number of esters is 1. The van der Waals surface area contributed by atoms with Gasteiger partial charge in [0.05, 0.1) is 7.11 Å². The highest BCUT2D eigenvalue weighted by molar-refractivity contribution is 6.25. The van der Waals surface area contributed by atoms with E-state index in [9.17, 15) is 14.4 Å². The molecular formula is C19H18O6. The lowest BCUT2D eigenvalue weighted by Crippen LogP contribution is -2.34. The van der Waals surface area contributed by atoms with E-state index in [1.165, 1.54) is 26.2 Å². The van der Waals surface area contributed by atoms with Crippen LogP contribution in [0.1, 0.15) is 25.0 Å². The average molecular weight is 342 g/mol. The van der Waals surface area contributed by atoms with Crippen molar-refractivity contribution in [1.82, 2.24) is 0 Å². The molecule has 0 radical (unpaired) electrons. The Morgan fingerprint density at radius 3 is 2.76 bits per heavy atom. The summed E-state index contributed by atoms with van der Waals surface area (Å²) in [6.45, 7) is 3.46. The minimum absolute atomic E-state index is 0.0882. The molecule has 130 valence electrons. The summed E-state index contributed by atoms with van der Waals surface area (Å²) in [4.78, 5) is 36.0. The second-order valence-electron chi connectivity index (χ2n) is 6.08. The molecule has 0 spiro atoms. The van der Waals surface area contributed by atoms with Gasteiger partial charge in [-0.1, -0.05) is 0 Å². The molecule has 6 nitrogen and oxygen atoms in total. The Morgan fingerprint density at radius 1 is 1.32 bits per heavy atom. The SMILES string of the molecule is COc1cc2c(cc1/C=C/C(=O)C1C(=O)C=C(C)OC1=O)OC(C)C2. The maximum Gasteiger partial charge on any atom is 0.329 e. The first-order valence-corrected chi connectivity index (χ1v) is 7.92. The van der Waals surface area contributed by atoms with Gasteiger partial charge < -0.3 is 14.2 Å². The van der Waals surface area contributed by atoms with E-state index in [-0.39, 0.29) is 11.9 Å². The first-order valence-electron chi connectivity index (χ1n) is 7.92.